The third-order valence-electron chi connectivity index (χ3n) is 2.56. The molecule has 0 fully saturated rings. The van der Waals surface area contributed by atoms with Crippen molar-refractivity contribution in [3.63, 3.8) is 0 Å². The Hall–Kier alpha value is -1.66. The van der Waals surface area contributed by atoms with Crippen molar-refractivity contribution in [2.75, 3.05) is 0 Å². The van der Waals surface area contributed by atoms with Crippen molar-refractivity contribution < 1.29 is 14.1 Å². The van der Waals surface area contributed by atoms with Crippen LogP contribution in [0.1, 0.15) is 5.56 Å². The minimum Gasteiger partial charge on any atom is -0.457 e. The zero-order valence-electron chi connectivity index (χ0n) is 10.2. The first kappa shape index (κ1) is 14.7. The number of ether oxygens (including phenoxy) is 1. The first-order chi connectivity index (χ1) is 9.38. The molecule has 0 aromatic heterocycles. The number of aryl methyl sites for hydroxylation is 1. The van der Waals surface area contributed by atoms with Gasteiger partial charge in [-0.1, -0.05) is 11.6 Å². The molecule has 20 heavy (non-hydrogen) atoms. The lowest BCUT2D eigenvalue weighted by Gasteiger charge is -2.09. The topological polar surface area (TPSA) is 52.4 Å². The van der Waals surface area contributed by atoms with Gasteiger partial charge in [0.25, 0.3) is 5.69 Å². The maximum atomic E-state index is 13.4. The molecule has 0 aliphatic rings. The molecule has 0 amide bonds. The molecule has 2 aromatic carbocycles. The van der Waals surface area contributed by atoms with Crippen LogP contribution in [0, 0.1) is 22.9 Å². The number of rotatable bonds is 3. The Labute approximate surface area is 127 Å². The van der Waals surface area contributed by atoms with E-state index in [1.807, 2.05) is 0 Å². The number of nitro groups is 1. The molecule has 0 N–H and O–H groups in total. The second kappa shape index (κ2) is 5.76. The van der Waals surface area contributed by atoms with E-state index in [9.17, 15) is 14.5 Å². The lowest BCUT2D eigenvalue weighted by Crippen LogP contribution is -1.94. The summed E-state index contributed by atoms with van der Waals surface area (Å²) in [4.78, 5) is 10.2. The quantitative estimate of drug-likeness (QED) is 0.555. The Bertz CT molecular complexity index is 694. The van der Waals surface area contributed by atoms with Gasteiger partial charge in [0.1, 0.15) is 22.3 Å². The maximum Gasteiger partial charge on any atom is 0.288 e. The average molecular weight is 361 g/mol. The van der Waals surface area contributed by atoms with E-state index in [-0.39, 0.29) is 16.5 Å². The molecule has 2 aromatic rings. The van der Waals surface area contributed by atoms with E-state index in [1.165, 1.54) is 24.3 Å². The molecule has 4 nitrogen and oxygen atoms in total. The minimum absolute atomic E-state index is 0.0341. The monoisotopic (exact) mass is 359 g/mol. The number of halogens is 3. The molecule has 0 saturated carbocycles. The summed E-state index contributed by atoms with van der Waals surface area (Å²) in [6.45, 7) is 1.65. The highest BCUT2D eigenvalue weighted by molar-refractivity contribution is 9.10. The van der Waals surface area contributed by atoms with E-state index in [4.69, 9.17) is 16.3 Å². The standard InChI is InChI=1S/C13H8BrClFNO3/c1-7-4-12(17(18)19)10(15)6-13(7)20-8-2-3-9(14)11(16)5-8/h2-6H,1H3. The van der Waals surface area contributed by atoms with Crippen LogP contribution in [0.3, 0.4) is 0 Å². The van der Waals surface area contributed by atoms with E-state index < -0.39 is 10.7 Å². The second-order valence-corrected chi connectivity index (χ2v) is 5.27. The number of hydrogen-bond donors (Lipinski definition) is 0. The van der Waals surface area contributed by atoms with Crippen LogP contribution in [0.2, 0.25) is 5.02 Å². The van der Waals surface area contributed by atoms with Gasteiger partial charge in [-0.25, -0.2) is 4.39 Å². The van der Waals surface area contributed by atoms with Gasteiger partial charge in [0.15, 0.2) is 0 Å². The second-order valence-electron chi connectivity index (χ2n) is 4.00. The fourth-order valence-corrected chi connectivity index (χ4v) is 2.03. The van der Waals surface area contributed by atoms with Gasteiger partial charge < -0.3 is 4.74 Å². The summed E-state index contributed by atoms with van der Waals surface area (Å²) in [5.41, 5.74) is 0.336. The summed E-state index contributed by atoms with van der Waals surface area (Å²) in [5, 5.41) is 10.7. The van der Waals surface area contributed by atoms with Crippen LogP contribution in [0.25, 0.3) is 0 Å². The van der Waals surface area contributed by atoms with Gasteiger partial charge in [-0.2, -0.15) is 0 Å². The molecular weight excluding hydrogens is 353 g/mol. The fourth-order valence-electron chi connectivity index (χ4n) is 1.57. The molecule has 0 aliphatic carbocycles. The summed E-state index contributed by atoms with van der Waals surface area (Å²) >= 11 is 8.86. The lowest BCUT2D eigenvalue weighted by molar-refractivity contribution is -0.384. The number of nitro benzene ring substituents is 1. The average Bonchev–Trinajstić information content (AvgIpc) is 2.37. The van der Waals surface area contributed by atoms with Gasteiger partial charge >= 0.3 is 0 Å². The summed E-state index contributed by atoms with van der Waals surface area (Å²) in [5.74, 6) is 0.147. The summed E-state index contributed by atoms with van der Waals surface area (Å²) in [7, 11) is 0. The van der Waals surface area contributed by atoms with Crippen LogP contribution in [-0.2, 0) is 0 Å². The first-order valence-electron chi connectivity index (χ1n) is 5.46. The highest BCUT2D eigenvalue weighted by atomic mass is 79.9. The van der Waals surface area contributed by atoms with Crippen LogP contribution in [-0.4, -0.2) is 4.92 Å². The number of nitrogens with zero attached hydrogens (tertiary/aromatic N) is 1. The Morgan fingerprint density at radius 1 is 1.35 bits per heavy atom. The van der Waals surface area contributed by atoms with Crippen LogP contribution in [0.15, 0.2) is 34.8 Å². The van der Waals surface area contributed by atoms with Gasteiger partial charge in [-0.3, -0.25) is 10.1 Å². The summed E-state index contributed by atoms with van der Waals surface area (Å²) in [6.07, 6.45) is 0. The first-order valence-corrected chi connectivity index (χ1v) is 6.63. The van der Waals surface area contributed by atoms with Gasteiger partial charge in [0.05, 0.1) is 9.40 Å². The summed E-state index contributed by atoms with van der Waals surface area (Å²) < 4.78 is 19.2. The number of benzene rings is 2. The van der Waals surface area contributed by atoms with Crippen molar-refractivity contribution in [1.29, 1.82) is 0 Å². The SMILES string of the molecule is Cc1cc([N+](=O)[O-])c(Cl)cc1Oc1ccc(Br)c(F)c1. The van der Waals surface area contributed by atoms with Crippen molar-refractivity contribution in [1.82, 2.24) is 0 Å². The molecule has 104 valence electrons. The highest BCUT2D eigenvalue weighted by Crippen LogP contribution is 2.34. The Balaban J connectivity index is 2.36. The van der Waals surface area contributed by atoms with Crippen molar-refractivity contribution in [3.05, 3.63) is 61.3 Å². The summed E-state index contributed by atoms with van der Waals surface area (Å²) in [6, 6.07) is 6.94. The van der Waals surface area contributed by atoms with Crippen molar-refractivity contribution in [2.24, 2.45) is 0 Å². The molecule has 0 atom stereocenters. The normalized spacial score (nSPS) is 10.4. The highest BCUT2D eigenvalue weighted by Gasteiger charge is 2.16. The lowest BCUT2D eigenvalue weighted by atomic mass is 10.2. The predicted octanol–water partition coefficient (Wildman–Crippen LogP) is 5.25. The van der Waals surface area contributed by atoms with E-state index >= 15 is 0 Å². The van der Waals surface area contributed by atoms with Crippen molar-refractivity contribution in [3.8, 4) is 11.5 Å². The molecule has 0 unspecified atom stereocenters. The van der Waals surface area contributed by atoms with Gasteiger partial charge in [-0.05, 0) is 40.5 Å². The van der Waals surface area contributed by atoms with Crippen LogP contribution in [0.4, 0.5) is 10.1 Å². The van der Waals surface area contributed by atoms with Gasteiger partial charge in [-0.15, -0.1) is 0 Å². The van der Waals surface area contributed by atoms with Crippen molar-refractivity contribution in [2.45, 2.75) is 6.92 Å². The van der Waals surface area contributed by atoms with Crippen LogP contribution in [0.5, 0.6) is 11.5 Å². The Kier molecular flexibility index (Phi) is 4.25. The van der Waals surface area contributed by atoms with Gasteiger partial charge in [0.2, 0.25) is 0 Å². The molecule has 0 aliphatic heterocycles. The Morgan fingerprint density at radius 3 is 2.65 bits per heavy atom. The van der Waals surface area contributed by atoms with E-state index in [0.29, 0.717) is 15.8 Å². The third-order valence-corrected chi connectivity index (χ3v) is 3.51. The number of hydrogen-bond acceptors (Lipinski definition) is 3. The van der Waals surface area contributed by atoms with E-state index in [1.54, 1.807) is 13.0 Å². The predicted molar refractivity (Wildman–Crippen MR) is 77.0 cm³/mol. The Morgan fingerprint density at radius 2 is 2.05 bits per heavy atom. The smallest absolute Gasteiger partial charge is 0.288 e. The molecule has 2 rings (SSSR count). The van der Waals surface area contributed by atoms with E-state index in [2.05, 4.69) is 15.9 Å². The molecule has 0 heterocycles. The van der Waals surface area contributed by atoms with Crippen LogP contribution < -0.4 is 4.74 Å². The minimum atomic E-state index is -0.571. The molecule has 0 radical (unpaired) electrons. The largest absolute Gasteiger partial charge is 0.457 e. The molecule has 0 saturated heterocycles. The molecule has 0 spiro atoms. The molecule has 7 heteroatoms. The van der Waals surface area contributed by atoms with Crippen molar-refractivity contribution >= 4 is 33.2 Å². The fraction of sp³-hybridized carbons (Fsp3) is 0.0769. The molecule has 0 bridgehead atoms. The molecular formula is C13H8BrClFNO3. The third kappa shape index (κ3) is 3.08. The maximum absolute atomic E-state index is 13.4. The van der Waals surface area contributed by atoms with Crippen LogP contribution >= 0.6 is 27.5 Å². The zero-order valence-corrected chi connectivity index (χ0v) is 12.5. The van der Waals surface area contributed by atoms with E-state index in [0.717, 1.165) is 0 Å². The van der Waals surface area contributed by atoms with Gasteiger partial charge in [0, 0.05) is 18.2 Å². The zero-order chi connectivity index (χ0) is 14.9.